The van der Waals surface area contributed by atoms with E-state index in [1.54, 1.807) is 12.4 Å². The van der Waals surface area contributed by atoms with Crippen LogP contribution in [0.3, 0.4) is 0 Å². The van der Waals surface area contributed by atoms with Crippen molar-refractivity contribution in [1.29, 1.82) is 0 Å². The molecule has 0 bridgehead atoms. The average Bonchev–Trinajstić information content (AvgIpc) is 3.03. The number of aryl methyl sites for hydroxylation is 1. The molecular weight excluding hydrogens is 278 g/mol. The van der Waals surface area contributed by atoms with Crippen molar-refractivity contribution < 1.29 is 9.53 Å². The number of nitrogens with zero attached hydrogens (tertiary/aromatic N) is 3. The van der Waals surface area contributed by atoms with Crippen LogP contribution in [0.25, 0.3) is 0 Å². The molecule has 0 unspecified atom stereocenters. The minimum atomic E-state index is 0.215. The number of rotatable bonds is 8. The molecule has 22 heavy (non-hydrogen) atoms. The maximum Gasteiger partial charge on any atom is 0.223 e. The van der Waals surface area contributed by atoms with Crippen LogP contribution < -0.4 is 0 Å². The summed E-state index contributed by atoms with van der Waals surface area (Å²) < 4.78 is 5.69. The van der Waals surface area contributed by atoms with Crippen LogP contribution in [0.1, 0.15) is 24.8 Å². The fourth-order valence-electron chi connectivity index (χ4n) is 2.63. The normalized spacial score (nSPS) is 17.9. The van der Waals surface area contributed by atoms with Gasteiger partial charge in [-0.05, 0) is 51.1 Å². The zero-order valence-electron chi connectivity index (χ0n) is 13.7. The van der Waals surface area contributed by atoms with Crippen molar-refractivity contribution in [2.75, 3.05) is 40.3 Å². The minimum Gasteiger partial charge on any atom is -0.376 e. The van der Waals surface area contributed by atoms with Crippen molar-refractivity contribution >= 4 is 5.91 Å². The van der Waals surface area contributed by atoms with Crippen molar-refractivity contribution in [3.8, 4) is 0 Å². The zero-order chi connectivity index (χ0) is 15.8. The first kappa shape index (κ1) is 16.9. The van der Waals surface area contributed by atoms with Crippen molar-refractivity contribution in [2.24, 2.45) is 0 Å². The molecule has 0 saturated carbocycles. The van der Waals surface area contributed by atoms with Crippen LogP contribution in [0.4, 0.5) is 0 Å². The SMILES string of the molecule is CN(C)CCN(C[C@@H]1CCCO1)C(=O)CCc1ccncc1. The fourth-order valence-corrected chi connectivity index (χ4v) is 2.63. The molecule has 2 rings (SSSR count). The molecule has 1 aliphatic rings. The number of ether oxygens (including phenoxy) is 1. The number of carbonyl (C=O) groups excluding carboxylic acids is 1. The van der Waals surface area contributed by atoms with Gasteiger partial charge >= 0.3 is 0 Å². The lowest BCUT2D eigenvalue weighted by molar-refractivity contribution is -0.132. The molecule has 0 spiro atoms. The molecule has 5 heteroatoms. The molecule has 1 saturated heterocycles. The molecule has 1 aromatic rings. The number of hydrogen-bond donors (Lipinski definition) is 0. The Morgan fingerprint density at radius 1 is 1.32 bits per heavy atom. The topological polar surface area (TPSA) is 45.7 Å². The molecule has 0 aliphatic carbocycles. The summed E-state index contributed by atoms with van der Waals surface area (Å²) in [5.74, 6) is 0.217. The first-order chi connectivity index (χ1) is 10.6. The van der Waals surface area contributed by atoms with Crippen molar-refractivity contribution in [3.05, 3.63) is 30.1 Å². The highest BCUT2D eigenvalue weighted by atomic mass is 16.5. The number of pyridine rings is 1. The predicted octanol–water partition coefficient (Wildman–Crippen LogP) is 1.58. The van der Waals surface area contributed by atoms with Crippen LogP contribution in [0.5, 0.6) is 0 Å². The monoisotopic (exact) mass is 305 g/mol. The van der Waals surface area contributed by atoms with Crippen molar-refractivity contribution in [1.82, 2.24) is 14.8 Å². The van der Waals surface area contributed by atoms with E-state index < -0.39 is 0 Å². The van der Waals surface area contributed by atoms with Crippen LogP contribution >= 0.6 is 0 Å². The van der Waals surface area contributed by atoms with E-state index in [4.69, 9.17) is 4.74 Å². The Bertz CT molecular complexity index is 444. The number of aromatic nitrogens is 1. The maximum absolute atomic E-state index is 12.6. The third kappa shape index (κ3) is 5.73. The highest BCUT2D eigenvalue weighted by Crippen LogP contribution is 2.14. The summed E-state index contributed by atoms with van der Waals surface area (Å²) in [6, 6.07) is 3.94. The van der Waals surface area contributed by atoms with E-state index in [1.807, 2.05) is 31.1 Å². The van der Waals surface area contributed by atoms with Gasteiger partial charge in [0.15, 0.2) is 0 Å². The van der Waals surface area contributed by atoms with Gasteiger partial charge in [-0.1, -0.05) is 0 Å². The van der Waals surface area contributed by atoms with E-state index in [0.29, 0.717) is 6.42 Å². The molecule has 0 N–H and O–H groups in total. The standard InChI is InChI=1S/C17H27N3O2/c1-19(2)11-12-20(14-16-4-3-13-22-16)17(21)6-5-15-7-9-18-10-8-15/h7-10,16H,3-6,11-14H2,1-2H3/t16-/m0/s1. The van der Waals surface area contributed by atoms with Gasteiger partial charge in [-0.25, -0.2) is 0 Å². The Kier molecular flexibility index (Phi) is 6.80. The van der Waals surface area contributed by atoms with E-state index in [1.165, 1.54) is 0 Å². The van der Waals surface area contributed by atoms with Crippen molar-refractivity contribution in [2.45, 2.75) is 31.8 Å². The number of hydrogen-bond acceptors (Lipinski definition) is 4. The van der Waals surface area contributed by atoms with Gasteiger partial charge in [-0.3, -0.25) is 9.78 Å². The molecule has 1 aliphatic heterocycles. The molecule has 2 heterocycles. The largest absolute Gasteiger partial charge is 0.376 e. The van der Waals surface area contributed by atoms with E-state index in [9.17, 15) is 4.79 Å². The lowest BCUT2D eigenvalue weighted by atomic mass is 10.1. The van der Waals surface area contributed by atoms with Gasteiger partial charge < -0.3 is 14.5 Å². The molecule has 1 fully saturated rings. The summed E-state index contributed by atoms with van der Waals surface area (Å²) in [4.78, 5) is 20.6. The summed E-state index contributed by atoms with van der Waals surface area (Å²) >= 11 is 0. The van der Waals surface area contributed by atoms with E-state index in [0.717, 1.165) is 51.1 Å². The summed E-state index contributed by atoms with van der Waals surface area (Å²) in [7, 11) is 4.07. The second-order valence-corrected chi connectivity index (χ2v) is 6.13. The number of amides is 1. The van der Waals surface area contributed by atoms with Crippen LogP contribution in [0.2, 0.25) is 0 Å². The van der Waals surface area contributed by atoms with Crippen LogP contribution in [-0.4, -0.2) is 67.1 Å². The Morgan fingerprint density at radius 2 is 2.09 bits per heavy atom. The third-order valence-corrected chi connectivity index (χ3v) is 3.99. The highest BCUT2D eigenvalue weighted by molar-refractivity contribution is 5.76. The van der Waals surface area contributed by atoms with E-state index in [-0.39, 0.29) is 12.0 Å². The summed E-state index contributed by atoms with van der Waals surface area (Å²) in [6.45, 7) is 3.20. The summed E-state index contributed by atoms with van der Waals surface area (Å²) in [6.07, 6.45) is 7.25. The predicted molar refractivity (Wildman–Crippen MR) is 86.7 cm³/mol. The highest BCUT2D eigenvalue weighted by Gasteiger charge is 2.22. The van der Waals surface area contributed by atoms with Gasteiger partial charge in [-0.15, -0.1) is 0 Å². The molecule has 0 radical (unpaired) electrons. The first-order valence-electron chi connectivity index (χ1n) is 8.08. The molecule has 1 amide bonds. The Morgan fingerprint density at radius 3 is 2.73 bits per heavy atom. The second-order valence-electron chi connectivity index (χ2n) is 6.13. The Balaban J connectivity index is 1.86. The third-order valence-electron chi connectivity index (χ3n) is 3.99. The molecule has 0 aromatic carbocycles. The molecule has 1 aromatic heterocycles. The van der Waals surface area contributed by atoms with Crippen LogP contribution in [0, 0.1) is 0 Å². The lowest BCUT2D eigenvalue weighted by Crippen LogP contribution is -2.41. The zero-order valence-corrected chi connectivity index (χ0v) is 13.7. The van der Waals surface area contributed by atoms with E-state index >= 15 is 0 Å². The minimum absolute atomic E-state index is 0.215. The first-order valence-corrected chi connectivity index (χ1v) is 8.08. The maximum atomic E-state index is 12.6. The molecule has 5 nitrogen and oxygen atoms in total. The fraction of sp³-hybridized carbons (Fsp3) is 0.647. The average molecular weight is 305 g/mol. The van der Waals surface area contributed by atoms with Gasteiger partial charge in [0.25, 0.3) is 0 Å². The Hall–Kier alpha value is -1.46. The van der Waals surface area contributed by atoms with E-state index in [2.05, 4.69) is 9.88 Å². The number of carbonyl (C=O) groups is 1. The Labute approximate surface area is 133 Å². The molecule has 1 atom stereocenters. The number of likely N-dealkylation sites (N-methyl/N-ethyl adjacent to an activating group) is 1. The second kappa shape index (κ2) is 8.86. The van der Waals surface area contributed by atoms with Gasteiger partial charge in [-0.2, -0.15) is 0 Å². The summed E-state index contributed by atoms with van der Waals surface area (Å²) in [5, 5.41) is 0. The van der Waals surface area contributed by atoms with Gasteiger partial charge in [0, 0.05) is 45.1 Å². The lowest BCUT2D eigenvalue weighted by Gasteiger charge is -2.27. The van der Waals surface area contributed by atoms with Crippen LogP contribution in [-0.2, 0) is 16.0 Å². The smallest absolute Gasteiger partial charge is 0.223 e. The van der Waals surface area contributed by atoms with Crippen LogP contribution in [0.15, 0.2) is 24.5 Å². The van der Waals surface area contributed by atoms with Gasteiger partial charge in [0.1, 0.15) is 0 Å². The van der Waals surface area contributed by atoms with Gasteiger partial charge in [0.2, 0.25) is 5.91 Å². The molecule has 122 valence electrons. The quantitative estimate of drug-likeness (QED) is 0.731. The van der Waals surface area contributed by atoms with Crippen molar-refractivity contribution in [3.63, 3.8) is 0 Å². The molecular formula is C17H27N3O2. The summed E-state index contributed by atoms with van der Waals surface area (Å²) in [5.41, 5.74) is 1.16. The van der Waals surface area contributed by atoms with Gasteiger partial charge in [0.05, 0.1) is 6.10 Å².